The van der Waals surface area contributed by atoms with Crippen LogP contribution in [0.25, 0.3) is 0 Å². The number of ether oxygens (including phenoxy) is 3. The molecule has 0 radical (unpaired) electrons. The number of nitrogens with zero attached hydrogens (tertiary/aromatic N) is 1. The zero-order valence-electron chi connectivity index (χ0n) is 16.7. The Morgan fingerprint density at radius 1 is 1.14 bits per heavy atom. The Labute approximate surface area is 170 Å². The van der Waals surface area contributed by atoms with Gasteiger partial charge >= 0.3 is 0 Å². The van der Waals surface area contributed by atoms with Crippen LogP contribution in [-0.4, -0.2) is 63.3 Å². The van der Waals surface area contributed by atoms with Gasteiger partial charge < -0.3 is 24.4 Å². The summed E-state index contributed by atoms with van der Waals surface area (Å²) in [4.78, 5) is 26.5. The summed E-state index contributed by atoms with van der Waals surface area (Å²) in [5.74, 6) is 0.807. The second-order valence-corrected chi connectivity index (χ2v) is 6.82. The van der Waals surface area contributed by atoms with Gasteiger partial charge in [0.2, 0.25) is 5.91 Å². The molecule has 0 spiro atoms. The van der Waals surface area contributed by atoms with Crippen LogP contribution in [0.4, 0.5) is 0 Å². The van der Waals surface area contributed by atoms with Gasteiger partial charge in [-0.3, -0.25) is 9.59 Å². The number of carbonyl (C=O) groups excluding carboxylic acids is 2. The lowest BCUT2D eigenvalue weighted by Crippen LogP contribution is -2.51. The maximum atomic E-state index is 12.5. The third-order valence-corrected chi connectivity index (χ3v) is 4.84. The maximum absolute atomic E-state index is 12.5. The van der Waals surface area contributed by atoms with Gasteiger partial charge in [0.15, 0.2) is 0 Å². The lowest BCUT2D eigenvalue weighted by molar-refractivity contribution is -0.148. The molecule has 1 aliphatic heterocycles. The molecule has 29 heavy (non-hydrogen) atoms. The summed E-state index contributed by atoms with van der Waals surface area (Å²) in [5, 5.41) is 2.87. The lowest BCUT2D eigenvalue weighted by atomic mass is 10.1. The summed E-state index contributed by atoms with van der Waals surface area (Å²) in [5.41, 5.74) is 1.62. The first-order valence-corrected chi connectivity index (χ1v) is 9.53. The molecule has 1 fully saturated rings. The molecule has 2 amide bonds. The van der Waals surface area contributed by atoms with E-state index in [1.54, 1.807) is 23.1 Å². The van der Waals surface area contributed by atoms with Crippen LogP contribution in [0.5, 0.6) is 11.5 Å². The van der Waals surface area contributed by atoms with Gasteiger partial charge in [-0.1, -0.05) is 30.3 Å². The third kappa shape index (κ3) is 5.71. The molecular weight excluding hydrogens is 372 g/mol. The maximum Gasteiger partial charge on any atom is 0.251 e. The molecule has 0 bridgehead atoms. The molecule has 2 aromatic carbocycles. The number of morpholine rings is 1. The van der Waals surface area contributed by atoms with Gasteiger partial charge in [0.05, 0.1) is 20.3 Å². The summed E-state index contributed by atoms with van der Waals surface area (Å²) in [6.07, 6.45) is 0.537. The molecule has 1 unspecified atom stereocenters. The van der Waals surface area contributed by atoms with Crippen molar-refractivity contribution in [2.45, 2.75) is 12.5 Å². The highest BCUT2D eigenvalue weighted by Crippen LogP contribution is 2.22. The first kappa shape index (κ1) is 20.7. The fourth-order valence-electron chi connectivity index (χ4n) is 3.18. The van der Waals surface area contributed by atoms with Gasteiger partial charge in [0.1, 0.15) is 18.1 Å². The molecule has 1 aliphatic rings. The van der Waals surface area contributed by atoms with E-state index in [2.05, 4.69) is 5.32 Å². The highest BCUT2D eigenvalue weighted by molar-refractivity contribution is 5.95. The molecule has 1 saturated heterocycles. The van der Waals surface area contributed by atoms with Gasteiger partial charge in [-0.25, -0.2) is 0 Å². The highest BCUT2D eigenvalue weighted by Gasteiger charge is 2.26. The predicted molar refractivity (Wildman–Crippen MR) is 108 cm³/mol. The largest absolute Gasteiger partial charge is 0.497 e. The predicted octanol–water partition coefficient (Wildman–Crippen LogP) is 1.90. The Morgan fingerprint density at radius 2 is 1.83 bits per heavy atom. The number of hydrogen-bond donors (Lipinski definition) is 1. The number of rotatable bonds is 8. The zero-order chi connectivity index (χ0) is 20.6. The van der Waals surface area contributed by atoms with Crippen molar-refractivity contribution in [3.8, 4) is 11.5 Å². The molecule has 1 atom stereocenters. The standard InChI is InChI=1S/C22H26N2O5/c1-27-18-10-17(11-19(12-18)28-2)22(26)23-13-20-14-24(21(25)15-29-20)9-8-16-6-4-3-5-7-16/h3-7,10-12,20H,8-9,13-15H2,1-2H3,(H,23,26). The molecule has 0 aromatic heterocycles. The van der Waals surface area contributed by atoms with Crippen LogP contribution < -0.4 is 14.8 Å². The fourth-order valence-corrected chi connectivity index (χ4v) is 3.18. The van der Waals surface area contributed by atoms with E-state index in [0.717, 1.165) is 6.42 Å². The van der Waals surface area contributed by atoms with Gasteiger partial charge in [-0.05, 0) is 24.1 Å². The summed E-state index contributed by atoms with van der Waals surface area (Å²) < 4.78 is 16.0. The zero-order valence-corrected chi connectivity index (χ0v) is 16.7. The number of amides is 2. The summed E-state index contributed by atoms with van der Waals surface area (Å²) >= 11 is 0. The van der Waals surface area contributed by atoms with Crippen molar-refractivity contribution in [2.75, 3.05) is 40.5 Å². The van der Waals surface area contributed by atoms with Crippen LogP contribution in [0, 0.1) is 0 Å². The van der Waals surface area contributed by atoms with Crippen LogP contribution in [0.3, 0.4) is 0 Å². The molecule has 2 aromatic rings. The minimum absolute atomic E-state index is 0.0268. The number of benzene rings is 2. The van der Waals surface area contributed by atoms with Gasteiger partial charge in [0.25, 0.3) is 5.91 Å². The van der Waals surface area contributed by atoms with E-state index < -0.39 is 0 Å². The number of carbonyl (C=O) groups is 2. The van der Waals surface area contributed by atoms with Crippen LogP contribution >= 0.6 is 0 Å². The SMILES string of the molecule is COc1cc(OC)cc(C(=O)NCC2CN(CCc3ccccc3)C(=O)CO2)c1. The van der Waals surface area contributed by atoms with Crippen molar-refractivity contribution < 1.29 is 23.8 Å². The Balaban J connectivity index is 1.53. The number of nitrogens with one attached hydrogen (secondary N) is 1. The van der Waals surface area contributed by atoms with Crippen molar-refractivity contribution >= 4 is 11.8 Å². The second kappa shape index (κ2) is 9.93. The van der Waals surface area contributed by atoms with E-state index in [9.17, 15) is 9.59 Å². The van der Waals surface area contributed by atoms with Crippen LogP contribution in [0.1, 0.15) is 15.9 Å². The Bertz CT molecular complexity index is 818. The fraction of sp³-hybridized carbons (Fsp3) is 0.364. The number of methoxy groups -OCH3 is 2. The van der Waals surface area contributed by atoms with Crippen molar-refractivity contribution in [3.63, 3.8) is 0 Å². The first-order valence-electron chi connectivity index (χ1n) is 9.53. The van der Waals surface area contributed by atoms with Crippen molar-refractivity contribution in [2.24, 2.45) is 0 Å². The molecule has 1 heterocycles. The van der Waals surface area contributed by atoms with E-state index in [0.29, 0.717) is 36.7 Å². The van der Waals surface area contributed by atoms with E-state index in [-0.39, 0.29) is 24.5 Å². The van der Waals surface area contributed by atoms with Gasteiger partial charge in [0, 0.05) is 31.3 Å². The smallest absolute Gasteiger partial charge is 0.251 e. The van der Waals surface area contributed by atoms with Gasteiger partial charge in [-0.15, -0.1) is 0 Å². The van der Waals surface area contributed by atoms with Gasteiger partial charge in [-0.2, -0.15) is 0 Å². The normalized spacial score (nSPS) is 16.4. The Kier molecular flexibility index (Phi) is 7.08. The first-order chi connectivity index (χ1) is 14.1. The Hall–Kier alpha value is -3.06. The summed E-state index contributed by atoms with van der Waals surface area (Å²) in [6.45, 7) is 1.42. The topological polar surface area (TPSA) is 77.1 Å². The molecular formula is C22H26N2O5. The van der Waals surface area contributed by atoms with Crippen LogP contribution in [-0.2, 0) is 16.0 Å². The van der Waals surface area contributed by atoms with E-state index >= 15 is 0 Å². The van der Waals surface area contributed by atoms with E-state index in [1.807, 2.05) is 30.3 Å². The molecule has 1 N–H and O–H groups in total. The summed E-state index contributed by atoms with van der Waals surface area (Å²) in [7, 11) is 3.07. The Morgan fingerprint density at radius 3 is 2.48 bits per heavy atom. The molecule has 7 nitrogen and oxygen atoms in total. The molecule has 7 heteroatoms. The molecule has 154 valence electrons. The van der Waals surface area contributed by atoms with Crippen molar-refractivity contribution in [3.05, 3.63) is 59.7 Å². The average Bonchev–Trinajstić information content (AvgIpc) is 2.77. The van der Waals surface area contributed by atoms with Crippen LogP contribution in [0.2, 0.25) is 0 Å². The second-order valence-electron chi connectivity index (χ2n) is 6.82. The summed E-state index contributed by atoms with van der Waals surface area (Å²) in [6, 6.07) is 15.0. The van der Waals surface area contributed by atoms with E-state index in [4.69, 9.17) is 14.2 Å². The lowest BCUT2D eigenvalue weighted by Gasteiger charge is -2.33. The van der Waals surface area contributed by atoms with Crippen molar-refractivity contribution in [1.29, 1.82) is 0 Å². The quantitative estimate of drug-likeness (QED) is 0.735. The van der Waals surface area contributed by atoms with E-state index in [1.165, 1.54) is 19.8 Å². The highest BCUT2D eigenvalue weighted by atomic mass is 16.5. The van der Waals surface area contributed by atoms with Crippen molar-refractivity contribution in [1.82, 2.24) is 10.2 Å². The molecule has 3 rings (SSSR count). The monoisotopic (exact) mass is 398 g/mol. The molecule has 0 saturated carbocycles. The average molecular weight is 398 g/mol. The number of hydrogen-bond acceptors (Lipinski definition) is 5. The van der Waals surface area contributed by atoms with Crippen LogP contribution in [0.15, 0.2) is 48.5 Å². The minimum Gasteiger partial charge on any atom is -0.497 e. The minimum atomic E-state index is -0.251. The molecule has 0 aliphatic carbocycles. The third-order valence-electron chi connectivity index (χ3n) is 4.84.